The Morgan fingerprint density at radius 3 is 2.31 bits per heavy atom. The van der Waals surface area contributed by atoms with Crippen molar-refractivity contribution < 1.29 is 9.59 Å². The third kappa shape index (κ3) is 4.35. The Morgan fingerprint density at radius 1 is 0.923 bits per heavy atom. The van der Waals surface area contributed by atoms with Gasteiger partial charge in [-0.15, -0.1) is 0 Å². The summed E-state index contributed by atoms with van der Waals surface area (Å²) in [7, 11) is 0. The van der Waals surface area contributed by atoms with Gasteiger partial charge in [-0.2, -0.15) is 0 Å². The summed E-state index contributed by atoms with van der Waals surface area (Å²) < 4.78 is 0. The number of anilines is 1. The van der Waals surface area contributed by atoms with Crippen LogP contribution in [0.2, 0.25) is 5.02 Å². The number of carbonyl (C=O) groups excluding carboxylic acids is 2. The van der Waals surface area contributed by atoms with Crippen molar-refractivity contribution in [3.63, 3.8) is 0 Å². The average molecular weight is 372 g/mol. The van der Waals surface area contributed by atoms with Crippen molar-refractivity contribution >= 4 is 29.2 Å². The zero-order valence-electron chi connectivity index (χ0n) is 14.7. The molecule has 2 aromatic rings. The number of halogens is 1. The predicted octanol–water partition coefficient (Wildman–Crippen LogP) is 4.03. The molecular weight excluding hydrogens is 350 g/mol. The van der Waals surface area contributed by atoms with Crippen LogP contribution in [0.1, 0.15) is 22.3 Å². The molecule has 0 aliphatic carbocycles. The SMILES string of the molecule is Cc1ccccc1C(=O)N1CCCN(C(=O)Nc2ccc(Cl)cc2)CC1. The molecule has 0 spiro atoms. The van der Waals surface area contributed by atoms with E-state index >= 15 is 0 Å². The van der Waals surface area contributed by atoms with Gasteiger partial charge in [0, 0.05) is 42.5 Å². The maximum absolute atomic E-state index is 12.8. The molecule has 1 aliphatic rings. The van der Waals surface area contributed by atoms with Crippen LogP contribution in [0.15, 0.2) is 48.5 Å². The molecule has 2 aromatic carbocycles. The Hall–Kier alpha value is -2.53. The summed E-state index contributed by atoms with van der Waals surface area (Å²) >= 11 is 5.87. The van der Waals surface area contributed by atoms with E-state index in [9.17, 15) is 9.59 Å². The largest absolute Gasteiger partial charge is 0.337 e. The number of benzene rings is 2. The second-order valence-electron chi connectivity index (χ2n) is 6.38. The minimum Gasteiger partial charge on any atom is -0.337 e. The molecule has 1 fully saturated rings. The summed E-state index contributed by atoms with van der Waals surface area (Å²) in [5.74, 6) is 0.0306. The van der Waals surface area contributed by atoms with Crippen LogP contribution < -0.4 is 5.32 Å². The first-order chi connectivity index (χ1) is 12.5. The van der Waals surface area contributed by atoms with Gasteiger partial charge in [0.15, 0.2) is 0 Å². The summed E-state index contributed by atoms with van der Waals surface area (Å²) in [5, 5.41) is 3.50. The Morgan fingerprint density at radius 2 is 1.58 bits per heavy atom. The topological polar surface area (TPSA) is 52.7 Å². The second kappa shape index (κ2) is 8.23. The van der Waals surface area contributed by atoms with Crippen LogP contribution in [0.3, 0.4) is 0 Å². The molecule has 5 nitrogen and oxygen atoms in total. The van der Waals surface area contributed by atoms with Crippen molar-refractivity contribution in [3.05, 3.63) is 64.7 Å². The molecule has 6 heteroatoms. The third-order valence-corrected chi connectivity index (χ3v) is 4.79. The molecule has 0 bridgehead atoms. The fourth-order valence-electron chi connectivity index (χ4n) is 3.04. The number of carbonyl (C=O) groups is 2. The highest BCUT2D eigenvalue weighted by atomic mass is 35.5. The molecule has 26 heavy (non-hydrogen) atoms. The molecule has 0 atom stereocenters. The van der Waals surface area contributed by atoms with Gasteiger partial charge in [-0.3, -0.25) is 4.79 Å². The molecule has 1 heterocycles. The highest BCUT2D eigenvalue weighted by Crippen LogP contribution is 2.16. The van der Waals surface area contributed by atoms with Crippen LogP contribution >= 0.6 is 11.6 Å². The zero-order valence-corrected chi connectivity index (χ0v) is 15.5. The number of rotatable bonds is 2. The first-order valence-electron chi connectivity index (χ1n) is 8.71. The summed E-state index contributed by atoms with van der Waals surface area (Å²) in [5.41, 5.74) is 2.40. The van der Waals surface area contributed by atoms with Gasteiger partial charge in [0.25, 0.3) is 5.91 Å². The van der Waals surface area contributed by atoms with Gasteiger partial charge in [-0.25, -0.2) is 4.79 Å². The molecule has 136 valence electrons. The van der Waals surface area contributed by atoms with E-state index in [0.29, 0.717) is 36.9 Å². The highest BCUT2D eigenvalue weighted by molar-refractivity contribution is 6.30. The monoisotopic (exact) mass is 371 g/mol. The fraction of sp³-hybridized carbons (Fsp3) is 0.300. The third-order valence-electron chi connectivity index (χ3n) is 4.54. The minimum atomic E-state index is -0.155. The van der Waals surface area contributed by atoms with Gasteiger partial charge >= 0.3 is 6.03 Å². The number of nitrogens with one attached hydrogen (secondary N) is 1. The van der Waals surface area contributed by atoms with Crippen LogP contribution in [0, 0.1) is 6.92 Å². The van der Waals surface area contributed by atoms with Crippen LogP contribution in [-0.2, 0) is 0 Å². The van der Waals surface area contributed by atoms with Gasteiger partial charge in [0.05, 0.1) is 0 Å². The van der Waals surface area contributed by atoms with Gasteiger partial charge in [-0.05, 0) is 49.2 Å². The summed E-state index contributed by atoms with van der Waals surface area (Å²) in [6, 6.07) is 14.5. The van der Waals surface area contributed by atoms with E-state index in [1.807, 2.05) is 36.1 Å². The molecule has 0 aromatic heterocycles. The molecule has 3 rings (SSSR count). The highest BCUT2D eigenvalue weighted by Gasteiger charge is 2.23. The smallest absolute Gasteiger partial charge is 0.321 e. The molecule has 0 saturated carbocycles. The van der Waals surface area contributed by atoms with E-state index in [1.165, 1.54) is 0 Å². The van der Waals surface area contributed by atoms with Crippen LogP contribution in [0.25, 0.3) is 0 Å². The minimum absolute atomic E-state index is 0.0306. The summed E-state index contributed by atoms with van der Waals surface area (Å²) in [6.45, 7) is 4.25. The van der Waals surface area contributed by atoms with E-state index in [4.69, 9.17) is 11.6 Å². The lowest BCUT2D eigenvalue weighted by atomic mass is 10.1. The lowest BCUT2D eigenvalue weighted by Crippen LogP contribution is -2.39. The molecule has 1 saturated heterocycles. The number of aryl methyl sites for hydroxylation is 1. The van der Waals surface area contributed by atoms with Gasteiger partial charge in [0.2, 0.25) is 0 Å². The Kier molecular flexibility index (Phi) is 5.78. The Bertz CT molecular complexity index is 792. The van der Waals surface area contributed by atoms with Gasteiger partial charge < -0.3 is 15.1 Å². The molecule has 0 radical (unpaired) electrons. The van der Waals surface area contributed by atoms with Crippen molar-refractivity contribution in [2.45, 2.75) is 13.3 Å². The average Bonchev–Trinajstić information content (AvgIpc) is 2.90. The molecule has 3 amide bonds. The fourth-order valence-corrected chi connectivity index (χ4v) is 3.17. The van der Waals surface area contributed by atoms with E-state index < -0.39 is 0 Å². The summed E-state index contributed by atoms with van der Waals surface area (Å²) in [4.78, 5) is 28.8. The lowest BCUT2D eigenvalue weighted by molar-refractivity contribution is 0.0762. The van der Waals surface area contributed by atoms with E-state index in [1.54, 1.807) is 29.2 Å². The zero-order chi connectivity index (χ0) is 18.5. The molecule has 0 unspecified atom stereocenters. The van der Waals surface area contributed by atoms with Crippen molar-refractivity contribution in [3.8, 4) is 0 Å². The number of urea groups is 1. The van der Waals surface area contributed by atoms with E-state index in [-0.39, 0.29) is 11.9 Å². The van der Waals surface area contributed by atoms with Crippen LogP contribution in [0.5, 0.6) is 0 Å². The van der Waals surface area contributed by atoms with E-state index in [0.717, 1.165) is 17.5 Å². The van der Waals surface area contributed by atoms with Crippen LogP contribution in [0.4, 0.5) is 10.5 Å². The van der Waals surface area contributed by atoms with Gasteiger partial charge in [-0.1, -0.05) is 29.8 Å². The summed E-state index contributed by atoms with van der Waals surface area (Å²) in [6.07, 6.45) is 0.756. The Balaban J connectivity index is 1.61. The quantitative estimate of drug-likeness (QED) is 0.866. The van der Waals surface area contributed by atoms with Crippen molar-refractivity contribution in [2.24, 2.45) is 0 Å². The maximum Gasteiger partial charge on any atom is 0.321 e. The van der Waals surface area contributed by atoms with Crippen molar-refractivity contribution in [2.75, 3.05) is 31.5 Å². The Labute approximate surface area is 158 Å². The first-order valence-corrected chi connectivity index (χ1v) is 9.09. The standard InChI is InChI=1S/C20H22ClN3O2/c1-15-5-2-3-6-18(15)19(25)23-11-4-12-24(14-13-23)20(26)22-17-9-7-16(21)8-10-17/h2-3,5-10H,4,11-14H2,1H3,(H,22,26). The molecular formula is C20H22ClN3O2. The first kappa shape index (κ1) is 18.3. The van der Waals surface area contributed by atoms with Crippen molar-refractivity contribution in [1.29, 1.82) is 0 Å². The molecule has 1 aliphatic heterocycles. The number of nitrogens with zero attached hydrogens (tertiary/aromatic N) is 2. The number of amides is 3. The van der Waals surface area contributed by atoms with Gasteiger partial charge in [0.1, 0.15) is 0 Å². The number of hydrogen-bond acceptors (Lipinski definition) is 2. The second-order valence-corrected chi connectivity index (χ2v) is 6.82. The van der Waals surface area contributed by atoms with Crippen LogP contribution in [-0.4, -0.2) is 47.9 Å². The lowest BCUT2D eigenvalue weighted by Gasteiger charge is -2.23. The molecule has 1 N–H and O–H groups in total. The number of hydrogen-bond donors (Lipinski definition) is 1. The predicted molar refractivity (Wildman–Crippen MR) is 104 cm³/mol. The maximum atomic E-state index is 12.8. The normalized spacial score (nSPS) is 14.7. The van der Waals surface area contributed by atoms with Crippen molar-refractivity contribution in [1.82, 2.24) is 9.80 Å². The van der Waals surface area contributed by atoms with E-state index in [2.05, 4.69) is 5.32 Å².